The lowest BCUT2D eigenvalue weighted by molar-refractivity contribution is -0.121. The third-order valence-electron chi connectivity index (χ3n) is 5.58. The molecule has 0 aliphatic carbocycles. The van der Waals surface area contributed by atoms with Crippen molar-refractivity contribution < 1.29 is 9.63 Å². The highest BCUT2D eigenvalue weighted by Crippen LogP contribution is 2.33. The highest BCUT2D eigenvalue weighted by atomic mass is 35.5. The first-order valence-corrected chi connectivity index (χ1v) is 11.1. The zero-order valence-electron chi connectivity index (χ0n) is 18.2. The van der Waals surface area contributed by atoms with Gasteiger partial charge in [-0.2, -0.15) is 5.10 Å². The fraction of sp³-hybridized carbons (Fsp3) is 0.304. The minimum Gasteiger partial charge on any atom is -0.394 e. The van der Waals surface area contributed by atoms with Crippen molar-refractivity contribution >= 4 is 40.5 Å². The number of anilines is 1. The van der Waals surface area contributed by atoms with Gasteiger partial charge >= 0.3 is 0 Å². The molecule has 4 rings (SSSR count). The molecule has 2 heterocycles. The summed E-state index contributed by atoms with van der Waals surface area (Å²) in [4.78, 5) is 33.8. The molecule has 172 valence electrons. The summed E-state index contributed by atoms with van der Waals surface area (Å²) in [5, 5.41) is 14.7. The average Bonchev–Trinajstić information content (AvgIpc) is 3.31. The molecule has 4 N–H and O–H groups in total. The second kappa shape index (κ2) is 10.0. The molecule has 33 heavy (non-hydrogen) atoms. The maximum absolute atomic E-state index is 12.4. The number of aromatic amines is 1. The molecule has 1 aliphatic heterocycles. The summed E-state index contributed by atoms with van der Waals surface area (Å²) in [5.74, 6) is 0.532. The molecule has 0 spiro atoms. The van der Waals surface area contributed by atoms with E-state index in [1.54, 1.807) is 6.07 Å². The van der Waals surface area contributed by atoms with Crippen molar-refractivity contribution in [2.24, 2.45) is 4.99 Å². The molecule has 1 atom stereocenters. The van der Waals surface area contributed by atoms with Crippen LogP contribution in [0.5, 0.6) is 0 Å². The normalized spacial score (nSPS) is 17.2. The number of hydrogen-bond donors (Lipinski definition) is 4. The van der Waals surface area contributed by atoms with E-state index in [1.165, 1.54) is 6.40 Å². The fourth-order valence-corrected chi connectivity index (χ4v) is 3.85. The molecule has 1 aromatic heterocycles. The van der Waals surface area contributed by atoms with Gasteiger partial charge in [-0.1, -0.05) is 41.9 Å². The van der Waals surface area contributed by atoms with Crippen molar-refractivity contribution in [3.05, 3.63) is 69.0 Å². The van der Waals surface area contributed by atoms with E-state index in [4.69, 9.17) is 16.4 Å². The van der Waals surface area contributed by atoms with Crippen LogP contribution in [0, 0.1) is 6.92 Å². The number of hydrogen-bond acceptors (Lipinski definition) is 7. The SMILES string of the molecule is Cc1ccc(C2(CCC(=O)NCCCNc3n[nH]c(=O)c4ccccc34)N=CON2)cc1Cl. The number of aromatic nitrogens is 2. The molecule has 0 bridgehead atoms. The van der Waals surface area contributed by atoms with Crippen molar-refractivity contribution in [1.29, 1.82) is 0 Å². The van der Waals surface area contributed by atoms with Gasteiger partial charge in [0.2, 0.25) is 5.91 Å². The summed E-state index contributed by atoms with van der Waals surface area (Å²) in [7, 11) is 0. The maximum atomic E-state index is 12.4. The van der Waals surface area contributed by atoms with Crippen LogP contribution in [-0.2, 0) is 15.3 Å². The van der Waals surface area contributed by atoms with Crippen LogP contribution in [0.2, 0.25) is 5.02 Å². The number of aryl methyl sites for hydroxylation is 1. The van der Waals surface area contributed by atoms with Gasteiger partial charge in [0.25, 0.3) is 5.56 Å². The van der Waals surface area contributed by atoms with Crippen LogP contribution in [0.15, 0.2) is 52.3 Å². The van der Waals surface area contributed by atoms with Crippen molar-refractivity contribution in [2.45, 2.75) is 31.8 Å². The highest BCUT2D eigenvalue weighted by molar-refractivity contribution is 6.31. The van der Waals surface area contributed by atoms with Crippen LogP contribution in [0.4, 0.5) is 5.82 Å². The molecule has 0 fully saturated rings. The molecule has 1 aliphatic rings. The number of carbonyl (C=O) groups is 1. The Hall–Kier alpha value is -3.43. The summed E-state index contributed by atoms with van der Waals surface area (Å²) in [6.07, 6.45) is 2.71. The van der Waals surface area contributed by atoms with Gasteiger partial charge in [-0.05, 0) is 36.6 Å². The van der Waals surface area contributed by atoms with E-state index in [2.05, 4.69) is 31.3 Å². The molecule has 0 saturated carbocycles. The second-order valence-electron chi connectivity index (χ2n) is 7.86. The van der Waals surface area contributed by atoms with Gasteiger partial charge in [-0.3, -0.25) is 9.59 Å². The molecular weight excluding hydrogens is 444 g/mol. The van der Waals surface area contributed by atoms with Crippen LogP contribution in [0.1, 0.15) is 30.4 Å². The first kappa shape index (κ1) is 22.8. The van der Waals surface area contributed by atoms with E-state index in [-0.39, 0.29) is 17.9 Å². The van der Waals surface area contributed by atoms with Gasteiger partial charge in [0.05, 0.1) is 5.39 Å². The Morgan fingerprint density at radius 2 is 2.00 bits per heavy atom. The van der Waals surface area contributed by atoms with Gasteiger partial charge in [0, 0.05) is 36.3 Å². The Morgan fingerprint density at radius 1 is 1.18 bits per heavy atom. The third kappa shape index (κ3) is 5.15. The van der Waals surface area contributed by atoms with E-state index in [1.807, 2.05) is 43.3 Å². The number of H-pyrrole nitrogens is 1. The van der Waals surface area contributed by atoms with Crippen molar-refractivity contribution in [1.82, 2.24) is 21.0 Å². The summed E-state index contributed by atoms with van der Waals surface area (Å²) < 4.78 is 0. The van der Waals surface area contributed by atoms with Gasteiger partial charge in [0.1, 0.15) is 0 Å². The van der Waals surface area contributed by atoms with E-state index in [0.29, 0.717) is 42.2 Å². The molecule has 0 radical (unpaired) electrons. The van der Waals surface area contributed by atoms with Crippen molar-refractivity contribution in [3.63, 3.8) is 0 Å². The Bertz CT molecular complexity index is 1240. The number of fused-ring (bicyclic) bond motifs is 1. The molecule has 10 heteroatoms. The molecule has 3 aromatic rings. The first-order chi connectivity index (χ1) is 16.0. The van der Waals surface area contributed by atoms with E-state index >= 15 is 0 Å². The topological polar surface area (TPSA) is 120 Å². The number of halogens is 1. The molecule has 2 aromatic carbocycles. The van der Waals surface area contributed by atoms with Crippen molar-refractivity contribution in [2.75, 3.05) is 18.4 Å². The van der Waals surface area contributed by atoms with Gasteiger partial charge in [0.15, 0.2) is 17.9 Å². The Labute approximate surface area is 195 Å². The number of aliphatic imine (C=N–C) groups is 1. The lowest BCUT2D eigenvalue weighted by Crippen LogP contribution is -2.38. The first-order valence-electron chi connectivity index (χ1n) is 10.7. The third-order valence-corrected chi connectivity index (χ3v) is 5.99. The average molecular weight is 469 g/mol. The van der Waals surface area contributed by atoms with E-state index in [0.717, 1.165) is 16.5 Å². The number of benzene rings is 2. The second-order valence-corrected chi connectivity index (χ2v) is 8.26. The summed E-state index contributed by atoms with van der Waals surface area (Å²) >= 11 is 6.27. The largest absolute Gasteiger partial charge is 0.394 e. The minimum absolute atomic E-state index is 0.0795. The number of hydroxylamine groups is 1. The van der Waals surface area contributed by atoms with Gasteiger partial charge < -0.3 is 15.5 Å². The molecule has 0 saturated heterocycles. The van der Waals surface area contributed by atoms with Gasteiger partial charge in [-0.15, -0.1) is 5.48 Å². The molecule has 1 unspecified atom stereocenters. The lowest BCUT2D eigenvalue weighted by Gasteiger charge is -2.25. The Balaban J connectivity index is 1.25. The number of amides is 1. The Kier molecular flexibility index (Phi) is 6.90. The van der Waals surface area contributed by atoms with Crippen LogP contribution in [-0.4, -0.2) is 35.6 Å². The Morgan fingerprint density at radius 3 is 2.76 bits per heavy atom. The minimum atomic E-state index is -0.840. The van der Waals surface area contributed by atoms with E-state index in [9.17, 15) is 9.59 Å². The monoisotopic (exact) mass is 468 g/mol. The number of rotatable bonds is 9. The number of nitrogens with zero attached hydrogens (tertiary/aromatic N) is 2. The fourth-order valence-electron chi connectivity index (χ4n) is 3.67. The standard InChI is InChI=1S/C23H25ClN6O3/c1-15-7-8-16(13-19(15)24)23(27-14-33-30-23)10-9-20(31)25-11-4-12-26-21-17-5-2-3-6-18(17)22(32)29-28-21/h2-3,5-8,13-14,30H,4,9-12H2,1H3,(H,25,31)(H,26,28)(H,29,32). The zero-order valence-corrected chi connectivity index (χ0v) is 18.9. The number of nitrogens with one attached hydrogen (secondary N) is 4. The molecular formula is C23H25ClN6O3. The smallest absolute Gasteiger partial charge is 0.272 e. The zero-order chi connectivity index (χ0) is 23.3. The number of carbonyl (C=O) groups excluding carboxylic acids is 1. The quantitative estimate of drug-likeness (QED) is 0.358. The van der Waals surface area contributed by atoms with Crippen LogP contribution < -0.4 is 21.7 Å². The highest BCUT2D eigenvalue weighted by Gasteiger charge is 2.36. The van der Waals surface area contributed by atoms with Crippen LogP contribution in [0.25, 0.3) is 10.8 Å². The predicted octanol–water partition coefficient (Wildman–Crippen LogP) is 3.00. The summed E-state index contributed by atoms with van der Waals surface area (Å²) in [5.41, 5.74) is 3.64. The van der Waals surface area contributed by atoms with Gasteiger partial charge in [-0.25, -0.2) is 10.1 Å². The predicted molar refractivity (Wildman–Crippen MR) is 128 cm³/mol. The van der Waals surface area contributed by atoms with Crippen LogP contribution >= 0.6 is 11.6 Å². The summed E-state index contributed by atoms with van der Waals surface area (Å²) in [6.45, 7) is 3.02. The maximum Gasteiger partial charge on any atom is 0.272 e. The van der Waals surface area contributed by atoms with E-state index < -0.39 is 5.66 Å². The summed E-state index contributed by atoms with van der Waals surface area (Å²) in [6, 6.07) is 13.0. The lowest BCUT2D eigenvalue weighted by atomic mass is 9.94. The van der Waals surface area contributed by atoms with Crippen LogP contribution in [0.3, 0.4) is 0 Å². The molecule has 9 nitrogen and oxygen atoms in total. The van der Waals surface area contributed by atoms with Crippen molar-refractivity contribution in [3.8, 4) is 0 Å². The molecule has 1 amide bonds.